The molecule has 0 aromatic carbocycles. The average molecular weight is 333 g/mol. The highest BCUT2D eigenvalue weighted by Gasteiger charge is 2.33. The Balaban J connectivity index is 1.42. The van der Waals surface area contributed by atoms with Gasteiger partial charge in [-0.2, -0.15) is 0 Å². The molecular formula is C16H23N5O3. The summed E-state index contributed by atoms with van der Waals surface area (Å²) in [7, 11) is 1.60. The van der Waals surface area contributed by atoms with E-state index in [1.54, 1.807) is 7.05 Å². The van der Waals surface area contributed by atoms with Crippen molar-refractivity contribution in [1.82, 2.24) is 24.7 Å². The minimum absolute atomic E-state index is 0.0345. The van der Waals surface area contributed by atoms with Gasteiger partial charge in [0.25, 0.3) is 0 Å². The number of carbonyl (C=O) groups is 3. The molecule has 1 saturated heterocycles. The van der Waals surface area contributed by atoms with Gasteiger partial charge in [0.05, 0.1) is 5.69 Å². The second-order valence-corrected chi connectivity index (χ2v) is 6.54. The van der Waals surface area contributed by atoms with Crippen LogP contribution >= 0.6 is 0 Å². The van der Waals surface area contributed by atoms with E-state index in [0.717, 1.165) is 30.9 Å². The number of urea groups is 1. The lowest BCUT2D eigenvalue weighted by Crippen LogP contribution is -2.41. The van der Waals surface area contributed by atoms with E-state index in [2.05, 4.69) is 14.9 Å². The molecular weight excluding hydrogens is 310 g/mol. The van der Waals surface area contributed by atoms with E-state index in [0.29, 0.717) is 19.4 Å². The molecule has 8 nitrogen and oxygen atoms in total. The summed E-state index contributed by atoms with van der Waals surface area (Å²) >= 11 is 0. The van der Waals surface area contributed by atoms with Crippen LogP contribution in [-0.4, -0.2) is 63.4 Å². The molecule has 1 aromatic heterocycles. The topological polar surface area (TPSA) is 87.5 Å². The zero-order chi connectivity index (χ0) is 17.3. The Morgan fingerprint density at radius 3 is 2.92 bits per heavy atom. The first-order chi connectivity index (χ1) is 11.4. The lowest BCUT2D eigenvalue weighted by molar-refractivity contribution is -0.126. The number of rotatable bonds is 5. The fourth-order valence-corrected chi connectivity index (χ4v) is 3.29. The van der Waals surface area contributed by atoms with Crippen LogP contribution in [0.25, 0.3) is 0 Å². The van der Waals surface area contributed by atoms with E-state index in [1.165, 1.54) is 9.80 Å². The molecule has 0 radical (unpaired) electrons. The summed E-state index contributed by atoms with van der Waals surface area (Å²) in [5, 5.41) is 3.04. The Kier molecular flexibility index (Phi) is 4.55. The third-order valence-electron chi connectivity index (χ3n) is 4.49. The molecule has 0 unspecified atom stereocenters. The maximum Gasteiger partial charge on any atom is 0.326 e. The number of carbonyl (C=O) groups excluding carboxylic acids is 3. The first kappa shape index (κ1) is 16.5. The van der Waals surface area contributed by atoms with Gasteiger partial charge >= 0.3 is 6.03 Å². The van der Waals surface area contributed by atoms with Crippen molar-refractivity contribution in [2.75, 3.05) is 20.1 Å². The number of imide groups is 1. The predicted octanol–water partition coefficient (Wildman–Crippen LogP) is 0.297. The maximum atomic E-state index is 12.1. The summed E-state index contributed by atoms with van der Waals surface area (Å²) < 4.78 is 2.10. The minimum Gasteiger partial charge on any atom is -0.352 e. The lowest BCUT2D eigenvalue weighted by Gasteiger charge is -2.24. The molecule has 8 heteroatoms. The fourth-order valence-electron chi connectivity index (χ4n) is 3.29. The first-order valence-electron chi connectivity index (χ1n) is 8.31. The van der Waals surface area contributed by atoms with Crippen LogP contribution in [-0.2, 0) is 22.6 Å². The van der Waals surface area contributed by atoms with Gasteiger partial charge in [-0.3, -0.25) is 14.5 Å². The van der Waals surface area contributed by atoms with Gasteiger partial charge in [0.15, 0.2) is 0 Å². The number of nitrogens with one attached hydrogen (secondary N) is 1. The highest BCUT2D eigenvalue weighted by atomic mass is 16.2. The van der Waals surface area contributed by atoms with Crippen molar-refractivity contribution in [3.8, 4) is 0 Å². The lowest BCUT2D eigenvalue weighted by atomic mass is 10.1. The fraction of sp³-hybridized carbons (Fsp3) is 0.625. The summed E-state index contributed by atoms with van der Waals surface area (Å²) in [6, 6.07) is -0.171. The van der Waals surface area contributed by atoms with Crippen LogP contribution in [0.3, 0.4) is 0 Å². The second-order valence-electron chi connectivity index (χ2n) is 6.54. The molecule has 1 N–H and O–H groups in total. The Morgan fingerprint density at radius 2 is 2.21 bits per heavy atom. The molecule has 3 rings (SSSR count). The van der Waals surface area contributed by atoms with E-state index < -0.39 is 0 Å². The van der Waals surface area contributed by atoms with Crippen molar-refractivity contribution in [3.63, 3.8) is 0 Å². The molecule has 130 valence electrons. The Bertz CT molecular complexity index is 669. The van der Waals surface area contributed by atoms with E-state index in [-0.39, 0.29) is 30.4 Å². The molecule has 1 fully saturated rings. The van der Waals surface area contributed by atoms with Gasteiger partial charge in [-0.1, -0.05) is 0 Å². The van der Waals surface area contributed by atoms with Gasteiger partial charge in [0.2, 0.25) is 11.8 Å². The van der Waals surface area contributed by atoms with Gasteiger partial charge in [-0.15, -0.1) is 0 Å². The molecule has 24 heavy (non-hydrogen) atoms. The summed E-state index contributed by atoms with van der Waals surface area (Å²) in [4.78, 5) is 42.6. The average Bonchev–Trinajstić information content (AvgIpc) is 3.00. The zero-order valence-electron chi connectivity index (χ0n) is 14.1. The number of aryl methyl sites for hydroxylation is 2. The highest BCUT2D eigenvalue weighted by molar-refractivity contribution is 6.01. The molecule has 4 amide bonds. The van der Waals surface area contributed by atoms with Gasteiger partial charge in [0, 0.05) is 45.2 Å². The van der Waals surface area contributed by atoms with Crippen LogP contribution in [0.4, 0.5) is 4.79 Å². The largest absolute Gasteiger partial charge is 0.352 e. The Morgan fingerprint density at radius 1 is 1.42 bits per heavy atom. The zero-order valence-corrected chi connectivity index (χ0v) is 14.1. The molecule has 1 aromatic rings. The Hall–Kier alpha value is -2.38. The third kappa shape index (κ3) is 3.42. The van der Waals surface area contributed by atoms with E-state index in [9.17, 15) is 14.4 Å². The van der Waals surface area contributed by atoms with Crippen LogP contribution in [0.2, 0.25) is 0 Å². The quantitative estimate of drug-likeness (QED) is 0.785. The molecule has 0 bridgehead atoms. The number of amides is 4. The van der Waals surface area contributed by atoms with Crippen molar-refractivity contribution in [2.45, 2.75) is 45.2 Å². The molecule has 2 aliphatic rings. The summed E-state index contributed by atoms with van der Waals surface area (Å²) in [6.45, 7) is 3.14. The van der Waals surface area contributed by atoms with Crippen molar-refractivity contribution < 1.29 is 14.4 Å². The number of nitrogens with zero attached hydrogens (tertiary/aromatic N) is 4. The van der Waals surface area contributed by atoms with Gasteiger partial charge < -0.3 is 14.8 Å². The standard InChI is InChI=1S/C16H23N5O3/c1-11-8-20-9-12(5-6-13(20)17-11)18-14(22)4-3-7-21-15(23)10-19(2)16(21)24/h8,12H,3-7,9-10H2,1-2H3,(H,18,22)/t12-/m1/s1. The Labute approximate surface area is 140 Å². The number of fused-ring (bicyclic) bond motifs is 1. The van der Waals surface area contributed by atoms with Crippen LogP contribution in [0.15, 0.2) is 6.20 Å². The smallest absolute Gasteiger partial charge is 0.326 e. The second kappa shape index (κ2) is 6.62. The molecule has 0 aliphatic carbocycles. The summed E-state index contributed by atoms with van der Waals surface area (Å²) in [6.07, 6.45) is 4.55. The number of imidazole rings is 1. The van der Waals surface area contributed by atoms with Crippen molar-refractivity contribution >= 4 is 17.8 Å². The maximum absolute atomic E-state index is 12.1. The molecule has 1 atom stereocenters. The number of likely N-dealkylation sites (N-methyl/N-ethyl adjacent to an activating group) is 1. The summed E-state index contributed by atoms with van der Waals surface area (Å²) in [5.74, 6) is 0.846. The molecule has 0 saturated carbocycles. The number of hydrogen-bond donors (Lipinski definition) is 1. The third-order valence-corrected chi connectivity index (χ3v) is 4.49. The first-order valence-corrected chi connectivity index (χ1v) is 8.31. The normalized spacial score (nSPS) is 20.5. The SMILES string of the molecule is Cc1cn2c(n1)CC[C@@H](NC(=O)CCCN1C(=O)CN(C)C1=O)C2. The number of hydrogen-bond acceptors (Lipinski definition) is 4. The van der Waals surface area contributed by atoms with E-state index in [1.807, 2.05) is 13.1 Å². The molecule has 3 heterocycles. The van der Waals surface area contributed by atoms with Crippen molar-refractivity contribution in [1.29, 1.82) is 0 Å². The number of aromatic nitrogens is 2. The van der Waals surface area contributed by atoms with Crippen LogP contribution in [0.5, 0.6) is 0 Å². The van der Waals surface area contributed by atoms with Gasteiger partial charge in [-0.05, 0) is 19.8 Å². The minimum atomic E-state index is -0.282. The highest BCUT2D eigenvalue weighted by Crippen LogP contribution is 2.15. The predicted molar refractivity (Wildman–Crippen MR) is 86.2 cm³/mol. The van der Waals surface area contributed by atoms with E-state index >= 15 is 0 Å². The van der Waals surface area contributed by atoms with Crippen LogP contribution in [0.1, 0.15) is 30.8 Å². The van der Waals surface area contributed by atoms with Gasteiger partial charge in [-0.25, -0.2) is 9.78 Å². The molecule has 0 spiro atoms. The van der Waals surface area contributed by atoms with Crippen molar-refractivity contribution in [3.05, 3.63) is 17.7 Å². The molecule has 2 aliphatic heterocycles. The van der Waals surface area contributed by atoms with Crippen LogP contribution in [0, 0.1) is 6.92 Å². The summed E-state index contributed by atoms with van der Waals surface area (Å²) in [5.41, 5.74) is 1.00. The monoisotopic (exact) mass is 333 g/mol. The van der Waals surface area contributed by atoms with Gasteiger partial charge in [0.1, 0.15) is 12.4 Å². The van der Waals surface area contributed by atoms with E-state index in [4.69, 9.17) is 0 Å². The van der Waals surface area contributed by atoms with Crippen LogP contribution < -0.4 is 5.32 Å². The van der Waals surface area contributed by atoms with Crippen molar-refractivity contribution in [2.24, 2.45) is 0 Å².